The number of benzene rings is 4. The predicted octanol–water partition coefficient (Wildman–Crippen LogP) is 11.0. The molecule has 4 aromatic heterocycles. The molecule has 0 bridgehead atoms. The number of fused-ring (bicyclic) bond motifs is 6. The molecule has 0 spiro atoms. The van der Waals surface area contributed by atoms with E-state index < -0.39 is 0 Å². The van der Waals surface area contributed by atoms with Gasteiger partial charge in [0.1, 0.15) is 22.5 Å². The van der Waals surface area contributed by atoms with Crippen LogP contribution in [0.4, 0.5) is 11.6 Å². The summed E-state index contributed by atoms with van der Waals surface area (Å²) < 4.78 is 12.4. The number of pyridine rings is 4. The average molecular weight is 783 g/mol. The highest BCUT2D eigenvalue weighted by Crippen LogP contribution is 2.34. The Balaban J connectivity index is 0.966. The van der Waals surface area contributed by atoms with E-state index in [-0.39, 0.29) is 0 Å². The van der Waals surface area contributed by atoms with Crippen molar-refractivity contribution in [3.8, 4) is 11.5 Å². The van der Waals surface area contributed by atoms with E-state index in [1.54, 1.807) is 0 Å². The number of unbranched alkanes of at least 4 members (excludes halogenated alkanes) is 1. The summed E-state index contributed by atoms with van der Waals surface area (Å²) in [4.78, 5) is 19.0. The first kappa shape index (κ1) is 39.5. The van der Waals surface area contributed by atoms with Crippen LogP contribution in [-0.4, -0.2) is 33.1 Å². The van der Waals surface area contributed by atoms with Gasteiger partial charge in [-0.1, -0.05) is 49.7 Å². The minimum atomic E-state index is 0.467. The number of aromatic nitrogens is 4. The van der Waals surface area contributed by atoms with Gasteiger partial charge in [0.25, 0.3) is 0 Å². The molecular formula is C51H54N6O2. The molecular weight excluding hydrogens is 729 g/mol. The number of nitrogens with two attached hydrogens (primary N) is 2. The number of nitrogen functional groups attached to an aromatic ring is 2. The summed E-state index contributed by atoms with van der Waals surface area (Å²) in [5.74, 6) is 2.76. The lowest BCUT2D eigenvalue weighted by Gasteiger charge is -2.17. The molecule has 8 rings (SSSR count). The zero-order valence-electron chi connectivity index (χ0n) is 35.0. The summed E-state index contributed by atoms with van der Waals surface area (Å²) in [7, 11) is 0. The van der Waals surface area contributed by atoms with Crippen molar-refractivity contribution in [2.45, 2.75) is 86.0 Å². The Kier molecular flexibility index (Phi) is 11.6. The van der Waals surface area contributed by atoms with Crippen molar-refractivity contribution in [3.05, 3.63) is 141 Å². The standard InChI is InChI=1S/C51H54N6O2/c1-6-7-22-58-39-19-17-37(34(5)27-39)14-15-38-30-55-49-47(43-21-11-32(3)25-46(43)57-51(49)53)41(38)9-8-23-59-40-18-16-36(33(4)26-40)13-12-35-28-44-42-20-10-31(2)24-45(42)56-50(52)48(44)54-29-35/h10-11,16-21,24-30H,6-9,12-15,22-23H2,1-5H3,(H2,52,56)(H2,53,57). The monoisotopic (exact) mass is 782 g/mol. The molecule has 4 aromatic carbocycles. The molecule has 0 unspecified atom stereocenters. The Morgan fingerprint density at radius 3 is 1.76 bits per heavy atom. The molecule has 0 aliphatic carbocycles. The molecule has 0 saturated carbocycles. The Morgan fingerprint density at radius 1 is 0.525 bits per heavy atom. The van der Waals surface area contributed by atoms with Gasteiger partial charge >= 0.3 is 0 Å². The van der Waals surface area contributed by atoms with Crippen molar-refractivity contribution in [3.63, 3.8) is 0 Å². The smallest absolute Gasteiger partial charge is 0.150 e. The van der Waals surface area contributed by atoms with Gasteiger partial charge in [0, 0.05) is 33.9 Å². The molecule has 8 heteroatoms. The van der Waals surface area contributed by atoms with E-state index in [0.717, 1.165) is 124 Å². The van der Waals surface area contributed by atoms with E-state index in [9.17, 15) is 0 Å². The van der Waals surface area contributed by atoms with Crippen LogP contribution >= 0.6 is 0 Å². The lowest BCUT2D eigenvalue weighted by Crippen LogP contribution is -2.07. The van der Waals surface area contributed by atoms with Crippen LogP contribution < -0.4 is 20.9 Å². The molecule has 300 valence electrons. The molecule has 8 nitrogen and oxygen atoms in total. The van der Waals surface area contributed by atoms with Gasteiger partial charge in [-0.2, -0.15) is 0 Å². The van der Waals surface area contributed by atoms with Crippen molar-refractivity contribution in [2.75, 3.05) is 24.7 Å². The third kappa shape index (κ3) is 8.63. The first-order chi connectivity index (χ1) is 28.6. The van der Waals surface area contributed by atoms with Gasteiger partial charge in [-0.05, 0) is 165 Å². The van der Waals surface area contributed by atoms with Crippen LogP contribution in [0.15, 0.2) is 91.3 Å². The van der Waals surface area contributed by atoms with Gasteiger partial charge in [0.2, 0.25) is 0 Å². The number of hydrogen-bond acceptors (Lipinski definition) is 8. The number of nitrogens with zero attached hydrogens (tertiary/aromatic N) is 4. The zero-order chi connectivity index (χ0) is 41.0. The number of rotatable bonds is 15. The molecule has 4 N–H and O–H groups in total. The quantitative estimate of drug-likeness (QED) is 0.0778. The molecule has 0 atom stereocenters. The highest BCUT2D eigenvalue weighted by molar-refractivity contribution is 6.10. The van der Waals surface area contributed by atoms with Crippen molar-refractivity contribution in [1.29, 1.82) is 0 Å². The maximum Gasteiger partial charge on any atom is 0.150 e. The number of aryl methyl sites for hydroxylation is 9. The zero-order valence-corrected chi connectivity index (χ0v) is 35.0. The summed E-state index contributed by atoms with van der Waals surface area (Å²) in [5, 5.41) is 4.32. The van der Waals surface area contributed by atoms with Crippen molar-refractivity contribution in [2.24, 2.45) is 0 Å². The van der Waals surface area contributed by atoms with E-state index in [1.165, 1.54) is 38.9 Å². The minimum absolute atomic E-state index is 0.467. The molecule has 0 amide bonds. The topological polar surface area (TPSA) is 122 Å². The number of anilines is 2. The molecule has 8 aromatic rings. The van der Waals surface area contributed by atoms with E-state index in [2.05, 4.69) is 118 Å². The summed E-state index contributed by atoms with van der Waals surface area (Å²) in [6.45, 7) is 12.0. The fraction of sp³-hybridized carbons (Fsp3) is 0.294. The Morgan fingerprint density at radius 2 is 1.10 bits per heavy atom. The summed E-state index contributed by atoms with van der Waals surface area (Å²) >= 11 is 0. The van der Waals surface area contributed by atoms with Crippen LogP contribution in [0.25, 0.3) is 43.6 Å². The molecule has 0 fully saturated rings. The van der Waals surface area contributed by atoms with Crippen LogP contribution in [-0.2, 0) is 32.1 Å². The molecule has 0 aliphatic rings. The van der Waals surface area contributed by atoms with Gasteiger partial charge in [-0.15, -0.1) is 0 Å². The Bertz CT molecular complexity index is 2830. The largest absolute Gasteiger partial charge is 0.494 e. The summed E-state index contributed by atoms with van der Waals surface area (Å²) in [6.07, 6.45) is 11.3. The van der Waals surface area contributed by atoms with E-state index in [1.807, 2.05) is 12.4 Å². The van der Waals surface area contributed by atoms with Crippen LogP contribution in [0.5, 0.6) is 11.5 Å². The van der Waals surface area contributed by atoms with Gasteiger partial charge in [-0.3, -0.25) is 9.97 Å². The van der Waals surface area contributed by atoms with Crippen LogP contribution in [0, 0.1) is 27.7 Å². The van der Waals surface area contributed by atoms with Crippen LogP contribution in [0.3, 0.4) is 0 Å². The van der Waals surface area contributed by atoms with Crippen LogP contribution in [0.2, 0.25) is 0 Å². The highest BCUT2D eigenvalue weighted by Gasteiger charge is 2.17. The third-order valence-corrected chi connectivity index (χ3v) is 11.6. The van der Waals surface area contributed by atoms with Crippen molar-refractivity contribution < 1.29 is 9.47 Å². The second-order valence-corrected chi connectivity index (χ2v) is 16.1. The average Bonchev–Trinajstić information content (AvgIpc) is 3.22. The summed E-state index contributed by atoms with van der Waals surface area (Å²) in [6, 6.07) is 27.9. The van der Waals surface area contributed by atoms with Crippen molar-refractivity contribution in [1.82, 2.24) is 19.9 Å². The molecule has 0 radical (unpaired) electrons. The van der Waals surface area contributed by atoms with E-state index >= 15 is 0 Å². The SMILES string of the molecule is CCCCOc1ccc(CCc2cnc3c(N)nc4cc(C)ccc4c3c2CCCOc2ccc(CCc3cnc4c(N)nc5cc(C)ccc5c4c3)c(C)c2)c(C)c1. The Labute approximate surface area is 347 Å². The van der Waals surface area contributed by atoms with Gasteiger partial charge < -0.3 is 20.9 Å². The second-order valence-electron chi connectivity index (χ2n) is 16.1. The van der Waals surface area contributed by atoms with Gasteiger partial charge in [0.15, 0.2) is 11.6 Å². The lowest BCUT2D eigenvalue weighted by molar-refractivity contribution is 0.309. The molecule has 59 heavy (non-hydrogen) atoms. The van der Waals surface area contributed by atoms with Gasteiger partial charge in [0.05, 0.1) is 24.2 Å². The normalized spacial score (nSPS) is 11.6. The summed E-state index contributed by atoms with van der Waals surface area (Å²) in [5.41, 5.74) is 27.3. The lowest BCUT2D eigenvalue weighted by atomic mass is 9.92. The van der Waals surface area contributed by atoms with Gasteiger partial charge in [-0.25, -0.2) is 9.97 Å². The number of ether oxygens (including phenoxy) is 2. The molecule has 0 aliphatic heterocycles. The van der Waals surface area contributed by atoms with E-state index in [0.29, 0.717) is 18.2 Å². The fourth-order valence-corrected chi connectivity index (χ4v) is 8.30. The van der Waals surface area contributed by atoms with Crippen molar-refractivity contribution >= 4 is 55.2 Å². The predicted molar refractivity (Wildman–Crippen MR) is 244 cm³/mol. The number of hydrogen-bond donors (Lipinski definition) is 2. The van der Waals surface area contributed by atoms with E-state index in [4.69, 9.17) is 35.9 Å². The third-order valence-electron chi connectivity index (χ3n) is 11.6. The minimum Gasteiger partial charge on any atom is -0.494 e. The molecule has 0 saturated heterocycles. The Hall–Kier alpha value is -6.28. The molecule has 4 heterocycles. The first-order valence-electron chi connectivity index (χ1n) is 21.0. The first-order valence-corrected chi connectivity index (χ1v) is 21.0. The highest BCUT2D eigenvalue weighted by atomic mass is 16.5. The second kappa shape index (κ2) is 17.3. The maximum absolute atomic E-state index is 6.58. The maximum atomic E-state index is 6.58. The fourth-order valence-electron chi connectivity index (χ4n) is 8.30. The van der Waals surface area contributed by atoms with Crippen LogP contribution in [0.1, 0.15) is 76.3 Å².